The van der Waals surface area contributed by atoms with Crippen molar-refractivity contribution < 1.29 is 18.7 Å². The summed E-state index contributed by atoms with van der Waals surface area (Å²) in [5, 5.41) is 5.37. The number of fused-ring (bicyclic) bond motifs is 1. The molecule has 2 aromatic carbocycles. The number of benzene rings is 2. The van der Waals surface area contributed by atoms with E-state index in [1.54, 1.807) is 12.1 Å². The monoisotopic (exact) mass is 420 g/mol. The Morgan fingerprint density at radius 1 is 1.23 bits per heavy atom. The first-order valence-electron chi connectivity index (χ1n) is 8.32. The van der Waals surface area contributed by atoms with Crippen LogP contribution in [0, 0.1) is 5.82 Å². The van der Waals surface area contributed by atoms with Crippen LogP contribution in [0.25, 0.3) is 0 Å². The van der Waals surface area contributed by atoms with Crippen molar-refractivity contribution in [3.05, 3.63) is 52.3 Å². The molecule has 1 aliphatic heterocycles. The van der Waals surface area contributed by atoms with Crippen molar-refractivity contribution >= 4 is 39.1 Å². The molecule has 0 aromatic heterocycles. The summed E-state index contributed by atoms with van der Waals surface area (Å²) in [5.74, 6) is -0.00764. The summed E-state index contributed by atoms with van der Waals surface area (Å²) in [6.07, 6.45) is 1.91. The second-order valence-corrected chi connectivity index (χ2v) is 6.91. The lowest BCUT2D eigenvalue weighted by molar-refractivity contribution is -0.117. The number of carbonyl (C=O) groups excluding carboxylic acids is 2. The molecular weight excluding hydrogens is 403 g/mol. The first-order valence-corrected chi connectivity index (χ1v) is 9.11. The molecule has 2 N–H and O–H groups in total. The molecule has 0 bridgehead atoms. The van der Waals surface area contributed by atoms with E-state index in [1.165, 1.54) is 12.1 Å². The molecule has 5 nitrogen and oxygen atoms in total. The predicted molar refractivity (Wildman–Crippen MR) is 101 cm³/mol. The van der Waals surface area contributed by atoms with Crippen LogP contribution >= 0.6 is 15.9 Å². The van der Waals surface area contributed by atoms with E-state index in [9.17, 15) is 14.0 Å². The van der Waals surface area contributed by atoms with E-state index < -0.39 is 5.82 Å². The largest absolute Gasteiger partial charge is 0.494 e. The molecule has 2 aromatic rings. The fourth-order valence-electron chi connectivity index (χ4n) is 2.68. The van der Waals surface area contributed by atoms with E-state index in [4.69, 9.17) is 4.74 Å². The van der Waals surface area contributed by atoms with Gasteiger partial charge in [0, 0.05) is 23.0 Å². The van der Waals surface area contributed by atoms with E-state index in [0.717, 1.165) is 11.3 Å². The van der Waals surface area contributed by atoms with Gasteiger partial charge in [-0.25, -0.2) is 4.39 Å². The molecule has 0 unspecified atom stereocenters. The molecule has 0 radical (unpaired) electrons. The Morgan fingerprint density at radius 3 is 2.88 bits per heavy atom. The number of halogens is 2. The molecule has 136 valence electrons. The number of anilines is 2. The van der Waals surface area contributed by atoms with Crippen LogP contribution in [-0.2, 0) is 16.0 Å². The quantitative estimate of drug-likeness (QED) is 0.685. The number of ether oxygens (including phenoxy) is 1. The molecule has 0 spiro atoms. The molecule has 0 aliphatic carbocycles. The number of amides is 2. The van der Waals surface area contributed by atoms with Crippen molar-refractivity contribution in [2.24, 2.45) is 0 Å². The summed E-state index contributed by atoms with van der Waals surface area (Å²) in [4.78, 5) is 23.2. The number of hydrogen-bond donors (Lipinski definition) is 2. The molecule has 0 fully saturated rings. The van der Waals surface area contributed by atoms with Crippen molar-refractivity contribution in [3.63, 3.8) is 0 Å². The molecule has 2 amide bonds. The van der Waals surface area contributed by atoms with E-state index in [0.29, 0.717) is 36.1 Å². The predicted octanol–water partition coefficient (Wildman–Crippen LogP) is 4.27. The zero-order chi connectivity index (χ0) is 18.5. The van der Waals surface area contributed by atoms with Gasteiger partial charge in [-0.2, -0.15) is 0 Å². The summed E-state index contributed by atoms with van der Waals surface area (Å²) in [5.41, 5.74) is 2.03. The molecular formula is C19H18BrFN2O3. The van der Waals surface area contributed by atoms with Crippen LogP contribution in [0.4, 0.5) is 15.8 Å². The SMILES string of the molecule is O=C(CCCOc1ccc2c(c1)CCC(=O)N2)Nc1ccc(Br)cc1F. The highest BCUT2D eigenvalue weighted by Crippen LogP contribution is 2.27. The highest BCUT2D eigenvalue weighted by atomic mass is 79.9. The fourth-order valence-corrected chi connectivity index (χ4v) is 3.01. The second kappa shape index (κ2) is 8.31. The van der Waals surface area contributed by atoms with Crippen LogP contribution in [0.1, 0.15) is 24.8 Å². The van der Waals surface area contributed by atoms with Gasteiger partial charge in [0.2, 0.25) is 11.8 Å². The Morgan fingerprint density at radius 2 is 2.08 bits per heavy atom. The van der Waals surface area contributed by atoms with Gasteiger partial charge in [0.1, 0.15) is 11.6 Å². The molecule has 7 heteroatoms. The Hall–Kier alpha value is -2.41. The fraction of sp³-hybridized carbons (Fsp3) is 0.263. The summed E-state index contributed by atoms with van der Waals surface area (Å²) in [6.45, 7) is 0.376. The van der Waals surface area contributed by atoms with Crippen LogP contribution in [0.5, 0.6) is 5.75 Å². The van der Waals surface area contributed by atoms with Crippen LogP contribution in [-0.4, -0.2) is 18.4 Å². The summed E-state index contributed by atoms with van der Waals surface area (Å²) in [6, 6.07) is 10.0. The van der Waals surface area contributed by atoms with E-state index >= 15 is 0 Å². The molecule has 0 atom stereocenters. The summed E-state index contributed by atoms with van der Waals surface area (Å²) < 4.78 is 20.0. The maximum absolute atomic E-state index is 13.7. The minimum atomic E-state index is -0.481. The third kappa shape index (κ3) is 4.82. The molecule has 26 heavy (non-hydrogen) atoms. The summed E-state index contributed by atoms with van der Waals surface area (Å²) in [7, 11) is 0. The molecule has 0 saturated carbocycles. The summed E-state index contributed by atoms with van der Waals surface area (Å²) >= 11 is 3.17. The first-order chi connectivity index (χ1) is 12.5. The van der Waals surface area contributed by atoms with Gasteiger partial charge in [-0.15, -0.1) is 0 Å². The third-order valence-electron chi connectivity index (χ3n) is 3.99. The minimum absolute atomic E-state index is 0.0272. The van der Waals surface area contributed by atoms with Gasteiger partial charge >= 0.3 is 0 Å². The molecule has 0 saturated heterocycles. The smallest absolute Gasteiger partial charge is 0.224 e. The molecule has 1 heterocycles. The van der Waals surface area contributed by atoms with Gasteiger partial charge in [0.15, 0.2) is 0 Å². The maximum Gasteiger partial charge on any atom is 0.224 e. The number of aryl methyl sites for hydroxylation is 1. The number of carbonyl (C=O) groups is 2. The van der Waals surface area contributed by atoms with Crippen LogP contribution in [0.3, 0.4) is 0 Å². The zero-order valence-corrected chi connectivity index (χ0v) is 15.6. The lowest BCUT2D eigenvalue weighted by atomic mass is 10.0. The van der Waals surface area contributed by atoms with Crippen molar-refractivity contribution in [2.45, 2.75) is 25.7 Å². The maximum atomic E-state index is 13.7. The van der Waals surface area contributed by atoms with Gasteiger partial charge < -0.3 is 15.4 Å². The Labute approximate surface area is 159 Å². The van der Waals surface area contributed by atoms with Gasteiger partial charge in [-0.05, 0) is 54.8 Å². The van der Waals surface area contributed by atoms with Crippen molar-refractivity contribution in [1.29, 1.82) is 0 Å². The van der Waals surface area contributed by atoms with Crippen molar-refractivity contribution in [1.82, 2.24) is 0 Å². The van der Waals surface area contributed by atoms with Gasteiger partial charge in [-0.1, -0.05) is 15.9 Å². The van der Waals surface area contributed by atoms with Crippen molar-refractivity contribution in [3.8, 4) is 5.75 Å². The van der Waals surface area contributed by atoms with Crippen LogP contribution < -0.4 is 15.4 Å². The standard InChI is InChI=1S/C19H18BrFN2O3/c20-13-4-6-17(15(21)11-13)23-18(24)2-1-9-26-14-5-7-16-12(10-14)3-8-19(25)22-16/h4-7,10-11H,1-3,8-9H2,(H,22,25)(H,23,24). The van der Waals surface area contributed by atoms with Gasteiger partial charge in [-0.3, -0.25) is 9.59 Å². The molecule has 3 rings (SSSR count). The Bertz CT molecular complexity index is 842. The lowest BCUT2D eigenvalue weighted by Crippen LogP contribution is -2.18. The van der Waals surface area contributed by atoms with Crippen LogP contribution in [0.2, 0.25) is 0 Å². The Kier molecular flexibility index (Phi) is 5.88. The van der Waals surface area contributed by atoms with Gasteiger partial charge in [0.25, 0.3) is 0 Å². The number of hydrogen-bond acceptors (Lipinski definition) is 3. The van der Waals surface area contributed by atoms with E-state index in [2.05, 4.69) is 26.6 Å². The van der Waals surface area contributed by atoms with E-state index in [1.807, 2.05) is 12.1 Å². The van der Waals surface area contributed by atoms with Gasteiger partial charge in [0.05, 0.1) is 12.3 Å². The highest BCUT2D eigenvalue weighted by Gasteiger charge is 2.15. The second-order valence-electron chi connectivity index (χ2n) is 5.99. The zero-order valence-electron chi connectivity index (χ0n) is 14.0. The normalized spacial score (nSPS) is 12.9. The van der Waals surface area contributed by atoms with Crippen molar-refractivity contribution in [2.75, 3.05) is 17.2 Å². The number of nitrogens with one attached hydrogen (secondary N) is 2. The topological polar surface area (TPSA) is 67.4 Å². The minimum Gasteiger partial charge on any atom is -0.494 e. The third-order valence-corrected chi connectivity index (χ3v) is 4.49. The highest BCUT2D eigenvalue weighted by molar-refractivity contribution is 9.10. The lowest BCUT2D eigenvalue weighted by Gasteiger charge is -2.17. The average molecular weight is 421 g/mol. The van der Waals surface area contributed by atoms with E-state index in [-0.39, 0.29) is 23.9 Å². The Balaban J connectivity index is 1.44. The number of rotatable bonds is 6. The first kappa shape index (κ1) is 18.4. The molecule has 1 aliphatic rings. The average Bonchev–Trinajstić information content (AvgIpc) is 2.61. The van der Waals surface area contributed by atoms with Crippen LogP contribution in [0.15, 0.2) is 40.9 Å².